The molecule has 0 spiro atoms. The first kappa shape index (κ1) is 9.99. The van der Waals surface area contributed by atoms with Gasteiger partial charge >= 0.3 is 0 Å². The van der Waals surface area contributed by atoms with E-state index >= 15 is 0 Å². The third-order valence-electron chi connectivity index (χ3n) is 2.65. The molecule has 2 rings (SSSR count). The molecule has 1 fully saturated rings. The van der Waals surface area contributed by atoms with Crippen molar-refractivity contribution >= 4 is 15.9 Å². The van der Waals surface area contributed by atoms with Gasteiger partial charge in [-0.2, -0.15) is 0 Å². The van der Waals surface area contributed by atoms with Gasteiger partial charge in [0.25, 0.3) is 0 Å². The second-order valence-electron chi connectivity index (χ2n) is 3.73. The standard InChI is InChI=1S/C11H14BrNO/c12-11-9(4-3-5-10(11)14)8-13-6-1-2-7-13/h3-5,14H,1-2,6-8H2. The lowest BCUT2D eigenvalue weighted by atomic mass is 10.2. The first-order chi connectivity index (χ1) is 6.77. The van der Waals surface area contributed by atoms with Gasteiger partial charge < -0.3 is 5.11 Å². The Balaban J connectivity index is 2.11. The van der Waals surface area contributed by atoms with Crippen LogP contribution in [0.2, 0.25) is 0 Å². The van der Waals surface area contributed by atoms with Gasteiger partial charge in [-0.25, -0.2) is 0 Å². The molecule has 1 saturated heterocycles. The lowest BCUT2D eigenvalue weighted by Gasteiger charge is -2.15. The van der Waals surface area contributed by atoms with Crippen molar-refractivity contribution in [1.29, 1.82) is 0 Å². The van der Waals surface area contributed by atoms with Crippen LogP contribution in [-0.4, -0.2) is 23.1 Å². The lowest BCUT2D eigenvalue weighted by Crippen LogP contribution is -2.18. The molecule has 0 saturated carbocycles. The Labute approximate surface area is 92.7 Å². The van der Waals surface area contributed by atoms with Crippen molar-refractivity contribution in [2.45, 2.75) is 19.4 Å². The molecule has 1 aliphatic rings. The summed E-state index contributed by atoms with van der Waals surface area (Å²) in [7, 11) is 0. The van der Waals surface area contributed by atoms with Crippen molar-refractivity contribution in [3.8, 4) is 5.75 Å². The second kappa shape index (κ2) is 4.32. The number of rotatable bonds is 2. The highest BCUT2D eigenvalue weighted by Gasteiger charge is 2.13. The summed E-state index contributed by atoms with van der Waals surface area (Å²) < 4.78 is 0.840. The summed E-state index contributed by atoms with van der Waals surface area (Å²) in [5.41, 5.74) is 1.17. The van der Waals surface area contributed by atoms with Crippen LogP contribution in [0, 0.1) is 0 Å². The normalized spacial score (nSPS) is 17.5. The molecule has 0 radical (unpaired) electrons. The number of nitrogens with zero attached hydrogens (tertiary/aromatic N) is 1. The van der Waals surface area contributed by atoms with E-state index in [1.165, 1.54) is 31.5 Å². The molecule has 3 heteroatoms. The van der Waals surface area contributed by atoms with Gasteiger partial charge in [0.05, 0.1) is 4.47 Å². The summed E-state index contributed by atoms with van der Waals surface area (Å²) in [6.07, 6.45) is 2.60. The predicted octanol–water partition coefficient (Wildman–Crippen LogP) is 2.75. The van der Waals surface area contributed by atoms with Crippen molar-refractivity contribution in [2.75, 3.05) is 13.1 Å². The Bertz CT molecular complexity index is 321. The van der Waals surface area contributed by atoms with Crippen LogP contribution >= 0.6 is 15.9 Å². The highest BCUT2D eigenvalue weighted by Crippen LogP contribution is 2.28. The Kier molecular flexibility index (Phi) is 3.08. The lowest BCUT2D eigenvalue weighted by molar-refractivity contribution is 0.330. The maximum atomic E-state index is 9.51. The molecule has 0 bridgehead atoms. The van der Waals surface area contributed by atoms with Gasteiger partial charge in [-0.3, -0.25) is 4.90 Å². The van der Waals surface area contributed by atoms with E-state index in [1.54, 1.807) is 6.07 Å². The Morgan fingerprint density at radius 2 is 2.00 bits per heavy atom. The van der Waals surface area contributed by atoms with Gasteiger partial charge in [-0.05, 0) is 53.5 Å². The quantitative estimate of drug-likeness (QED) is 0.879. The number of halogens is 1. The molecule has 1 aromatic carbocycles. The third kappa shape index (κ3) is 2.10. The first-order valence-electron chi connectivity index (χ1n) is 4.96. The summed E-state index contributed by atoms with van der Waals surface area (Å²) in [5.74, 6) is 0.335. The fraction of sp³-hybridized carbons (Fsp3) is 0.455. The van der Waals surface area contributed by atoms with E-state index in [1.807, 2.05) is 6.07 Å². The maximum absolute atomic E-state index is 9.51. The molecule has 0 amide bonds. The number of likely N-dealkylation sites (tertiary alicyclic amines) is 1. The number of aromatic hydroxyl groups is 1. The third-order valence-corrected chi connectivity index (χ3v) is 3.57. The van der Waals surface area contributed by atoms with Crippen molar-refractivity contribution < 1.29 is 5.11 Å². The van der Waals surface area contributed by atoms with Gasteiger partial charge in [-0.1, -0.05) is 12.1 Å². The summed E-state index contributed by atoms with van der Waals surface area (Å²) in [6, 6.07) is 5.66. The average Bonchev–Trinajstić information content (AvgIpc) is 2.66. The molecule has 1 aliphatic heterocycles. The molecule has 76 valence electrons. The van der Waals surface area contributed by atoms with Crippen LogP contribution in [0.3, 0.4) is 0 Å². The fourth-order valence-electron chi connectivity index (χ4n) is 1.87. The number of hydrogen-bond donors (Lipinski definition) is 1. The Hall–Kier alpha value is -0.540. The zero-order valence-corrected chi connectivity index (χ0v) is 9.63. The Morgan fingerprint density at radius 1 is 1.29 bits per heavy atom. The van der Waals surface area contributed by atoms with E-state index in [4.69, 9.17) is 0 Å². The molecule has 1 N–H and O–H groups in total. The van der Waals surface area contributed by atoms with E-state index in [-0.39, 0.29) is 0 Å². The van der Waals surface area contributed by atoms with Crippen molar-refractivity contribution in [1.82, 2.24) is 4.90 Å². The molecular weight excluding hydrogens is 242 g/mol. The number of benzene rings is 1. The summed E-state index contributed by atoms with van der Waals surface area (Å²) in [5, 5.41) is 9.51. The van der Waals surface area contributed by atoms with E-state index in [2.05, 4.69) is 26.9 Å². The van der Waals surface area contributed by atoms with Crippen LogP contribution in [0.4, 0.5) is 0 Å². The molecule has 0 aliphatic carbocycles. The summed E-state index contributed by atoms with van der Waals surface area (Å²) >= 11 is 3.41. The molecule has 1 aromatic rings. The molecule has 1 heterocycles. The average molecular weight is 256 g/mol. The van der Waals surface area contributed by atoms with Gasteiger partial charge in [-0.15, -0.1) is 0 Å². The molecule has 2 nitrogen and oxygen atoms in total. The van der Waals surface area contributed by atoms with Gasteiger partial charge in [0.15, 0.2) is 0 Å². The zero-order chi connectivity index (χ0) is 9.97. The molecule has 0 unspecified atom stereocenters. The fourth-order valence-corrected chi connectivity index (χ4v) is 2.26. The van der Waals surface area contributed by atoms with Crippen molar-refractivity contribution in [3.63, 3.8) is 0 Å². The molecule has 0 atom stereocenters. The topological polar surface area (TPSA) is 23.5 Å². The van der Waals surface area contributed by atoms with E-state index in [9.17, 15) is 5.11 Å². The highest BCUT2D eigenvalue weighted by molar-refractivity contribution is 9.10. The Morgan fingerprint density at radius 3 is 2.71 bits per heavy atom. The first-order valence-corrected chi connectivity index (χ1v) is 5.75. The monoisotopic (exact) mass is 255 g/mol. The minimum Gasteiger partial charge on any atom is -0.507 e. The smallest absolute Gasteiger partial charge is 0.130 e. The van der Waals surface area contributed by atoms with Crippen LogP contribution in [0.15, 0.2) is 22.7 Å². The van der Waals surface area contributed by atoms with Crippen LogP contribution in [-0.2, 0) is 6.54 Å². The SMILES string of the molecule is Oc1cccc(CN2CCCC2)c1Br. The van der Waals surface area contributed by atoms with E-state index < -0.39 is 0 Å². The largest absolute Gasteiger partial charge is 0.507 e. The zero-order valence-electron chi connectivity index (χ0n) is 8.04. The van der Waals surface area contributed by atoms with Crippen molar-refractivity contribution in [2.24, 2.45) is 0 Å². The van der Waals surface area contributed by atoms with Crippen LogP contribution in [0.1, 0.15) is 18.4 Å². The van der Waals surface area contributed by atoms with E-state index in [0.717, 1.165) is 11.0 Å². The van der Waals surface area contributed by atoms with Gasteiger partial charge in [0.1, 0.15) is 5.75 Å². The van der Waals surface area contributed by atoms with Gasteiger partial charge in [0, 0.05) is 6.54 Å². The number of phenolic OH excluding ortho intramolecular Hbond substituents is 1. The number of phenols is 1. The molecule has 0 aromatic heterocycles. The minimum atomic E-state index is 0.335. The minimum absolute atomic E-state index is 0.335. The predicted molar refractivity (Wildman–Crippen MR) is 60.3 cm³/mol. The van der Waals surface area contributed by atoms with Crippen molar-refractivity contribution in [3.05, 3.63) is 28.2 Å². The van der Waals surface area contributed by atoms with Crippen LogP contribution in [0.5, 0.6) is 5.75 Å². The molecule has 14 heavy (non-hydrogen) atoms. The van der Waals surface area contributed by atoms with Gasteiger partial charge in [0.2, 0.25) is 0 Å². The maximum Gasteiger partial charge on any atom is 0.130 e. The van der Waals surface area contributed by atoms with Crippen LogP contribution < -0.4 is 0 Å². The van der Waals surface area contributed by atoms with E-state index in [0.29, 0.717) is 5.75 Å². The van der Waals surface area contributed by atoms with Crippen LogP contribution in [0.25, 0.3) is 0 Å². The number of hydrogen-bond acceptors (Lipinski definition) is 2. The summed E-state index contributed by atoms with van der Waals surface area (Å²) in [4.78, 5) is 2.42. The molecular formula is C11H14BrNO. The second-order valence-corrected chi connectivity index (χ2v) is 4.53. The highest BCUT2D eigenvalue weighted by atomic mass is 79.9. The summed E-state index contributed by atoms with van der Waals surface area (Å²) in [6.45, 7) is 3.30.